The number of nitrogens with one attached hydrogen (secondary N) is 2. The number of nitrogens with zero attached hydrogens (tertiary/aromatic N) is 4. The zero-order chi connectivity index (χ0) is 18.4. The number of rotatable bonds is 6. The Morgan fingerprint density at radius 1 is 1.23 bits per heavy atom. The van der Waals surface area contributed by atoms with Crippen molar-refractivity contribution in [1.29, 1.82) is 0 Å². The van der Waals surface area contributed by atoms with E-state index in [1.807, 2.05) is 0 Å². The van der Waals surface area contributed by atoms with E-state index in [-0.39, 0.29) is 30.9 Å². The van der Waals surface area contributed by atoms with E-state index in [2.05, 4.69) is 25.7 Å². The molecule has 3 rings (SSSR count). The van der Waals surface area contributed by atoms with Crippen LogP contribution in [0.4, 0.5) is 5.82 Å². The van der Waals surface area contributed by atoms with E-state index in [1.165, 1.54) is 23.6 Å². The summed E-state index contributed by atoms with van der Waals surface area (Å²) in [5.74, 6) is -0.0521. The van der Waals surface area contributed by atoms with E-state index in [0.717, 1.165) is 25.7 Å². The summed E-state index contributed by atoms with van der Waals surface area (Å²) in [5.41, 5.74) is 6.74. The van der Waals surface area contributed by atoms with Crippen LogP contribution < -0.4 is 16.4 Å². The maximum absolute atomic E-state index is 12.2. The van der Waals surface area contributed by atoms with Crippen LogP contribution in [0.5, 0.6) is 0 Å². The van der Waals surface area contributed by atoms with Gasteiger partial charge in [0.15, 0.2) is 0 Å². The first-order valence-electron chi connectivity index (χ1n) is 8.76. The van der Waals surface area contributed by atoms with Gasteiger partial charge in [0.2, 0.25) is 5.91 Å². The molecule has 1 saturated carbocycles. The molecule has 0 unspecified atom stereocenters. The highest BCUT2D eigenvalue weighted by Gasteiger charge is 2.16. The van der Waals surface area contributed by atoms with Crippen LogP contribution in [0.15, 0.2) is 24.9 Å². The molecule has 0 bridgehead atoms. The van der Waals surface area contributed by atoms with Crippen LogP contribution in [0, 0.1) is 0 Å². The molecule has 9 heteroatoms. The number of anilines is 1. The SMILES string of the molecule is Nc1ncncc1CNC(=O)c1cnn(CC(=O)NC2CCCCC2)c1. The van der Waals surface area contributed by atoms with Crippen LogP contribution in [0.2, 0.25) is 0 Å². The van der Waals surface area contributed by atoms with Crippen LogP contribution >= 0.6 is 0 Å². The molecule has 0 saturated heterocycles. The van der Waals surface area contributed by atoms with Crippen molar-refractivity contribution in [1.82, 2.24) is 30.4 Å². The smallest absolute Gasteiger partial charge is 0.254 e. The van der Waals surface area contributed by atoms with Crippen molar-refractivity contribution in [2.45, 2.75) is 51.2 Å². The van der Waals surface area contributed by atoms with Gasteiger partial charge in [-0.05, 0) is 12.8 Å². The molecule has 26 heavy (non-hydrogen) atoms. The van der Waals surface area contributed by atoms with Crippen LogP contribution in [0.1, 0.15) is 48.0 Å². The molecule has 2 amide bonds. The first-order valence-corrected chi connectivity index (χ1v) is 8.76. The number of aromatic nitrogens is 4. The summed E-state index contributed by atoms with van der Waals surface area (Å²) < 4.78 is 1.47. The monoisotopic (exact) mass is 357 g/mol. The standard InChI is InChI=1S/C17H23N7O2/c18-16-12(6-19-11-21-16)7-20-17(26)13-8-22-24(9-13)10-15(25)23-14-4-2-1-3-5-14/h6,8-9,11,14H,1-5,7,10H2,(H,20,26)(H,23,25)(H2,18,19,21). The second-order valence-electron chi connectivity index (χ2n) is 6.44. The molecule has 9 nitrogen and oxygen atoms in total. The Labute approximate surface area is 151 Å². The summed E-state index contributed by atoms with van der Waals surface area (Å²) in [6.07, 6.45) is 11.5. The van der Waals surface area contributed by atoms with E-state index in [4.69, 9.17) is 5.73 Å². The second kappa shape index (κ2) is 8.41. The molecule has 0 spiro atoms. The van der Waals surface area contributed by atoms with Crippen molar-refractivity contribution < 1.29 is 9.59 Å². The van der Waals surface area contributed by atoms with E-state index >= 15 is 0 Å². The van der Waals surface area contributed by atoms with Crippen LogP contribution in [0.3, 0.4) is 0 Å². The lowest BCUT2D eigenvalue weighted by molar-refractivity contribution is -0.122. The highest BCUT2D eigenvalue weighted by Crippen LogP contribution is 2.17. The fraction of sp³-hybridized carbons (Fsp3) is 0.471. The fourth-order valence-corrected chi connectivity index (χ4v) is 3.02. The van der Waals surface area contributed by atoms with Gasteiger partial charge < -0.3 is 16.4 Å². The van der Waals surface area contributed by atoms with Gasteiger partial charge in [-0.1, -0.05) is 19.3 Å². The maximum Gasteiger partial charge on any atom is 0.254 e. The number of hydrogen-bond acceptors (Lipinski definition) is 6. The van der Waals surface area contributed by atoms with Gasteiger partial charge in [0.05, 0.1) is 11.8 Å². The third kappa shape index (κ3) is 4.78. The molecule has 1 aliphatic carbocycles. The predicted molar refractivity (Wildman–Crippen MR) is 94.9 cm³/mol. The molecular formula is C17H23N7O2. The summed E-state index contributed by atoms with van der Waals surface area (Å²) in [6.45, 7) is 0.322. The van der Waals surface area contributed by atoms with Crippen molar-refractivity contribution in [3.8, 4) is 0 Å². The van der Waals surface area contributed by atoms with E-state index in [9.17, 15) is 9.59 Å². The number of amides is 2. The Morgan fingerprint density at radius 3 is 2.81 bits per heavy atom. The van der Waals surface area contributed by atoms with Gasteiger partial charge in [-0.15, -0.1) is 0 Å². The summed E-state index contributed by atoms with van der Waals surface area (Å²) in [6, 6.07) is 0.258. The topological polar surface area (TPSA) is 128 Å². The molecule has 0 radical (unpaired) electrons. The Morgan fingerprint density at radius 2 is 2.04 bits per heavy atom. The Hall–Kier alpha value is -2.97. The molecular weight excluding hydrogens is 334 g/mol. The molecule has 0 atom stereocenters. The molecule has 0 aromatic carbocycles. The van der Waals surface area contributed by atoms with E-state index in [1.54, 1.807) is 12.4 Å². The lowest BCUT2D eigenvalue weighted by Crippen LogP contribution is -2.38. The largest absolute Gasteiger partial charge is 0.383 e. The van der Waals surface area contributed by atoms with Crippen molar-refractivity contribution >= 4 is 17.6 Å². The van der Waals surface area contributed by atoms with Gasteiger partial charge in [-0.3, -0.25) is 14.3 Å². The lowest BCUT2D eigenvalue weighted by Gasteiger charge is -2.22. The number of nitrogens with two attached hydrogens (primary N) is 1. The summed E-state index contributed by atoms with van der Waals surface area (Å²) >= 11 is 0. The van der Waals surface area contributed by atoms with Crippen molar-refractivity contribution in [2.24, 2.45) is 0 Å². The van der Waals surface area contributed by atoms with E-state index in [0.29, 0.717) is 16.9 Å². The zero-order valence-electron chi connectivity index (χ0n) is 14.5. The molecule has 138 valence electrons. The number of carbonyl (C=O) groups excluding carboxylic acids is 2. The van der Waals surface area contributed by atoms with Gasteiger partial charge in [0.1, 0.15) is 18.7 Å². The predicted octanol–water partition coefficient (Wildman–Crippen LogP) is 0.634. The Balaban J connectivity index is 1.49. The highest BCUT2D eigenvalue weighted by atomic mass is 16.2. The fourth-order valence-electron chi connectivity index (χ4n) is 3.02. The Kier molecular flexibility index (Phi) is 5.77. The summed E-state index contributed by atoms with van der Waals surface area (Å²) in [4.78, 5) is 32.1. The van der Waals surface area contributed by atoms with Crippen molar-refractivity contribution in [2.75, 3.05) is 5.73 Å². The molecule has 2 aromatic rings. The first kappa shape index (κ1) is 17.8. The van der Waals surface area contributed by atoms with Gasteiger partial charge in [-0.25, -0.2) is 9.97 Å². The number of hydrogen-bond donors (Lipinski definition) is 3. The van der Waals surface area contributed by atoms with Gasteiger partial charge in [0, 0.05) is 30.5 Å². The van der Waals surface area contributed by atoms with Crippen LogP contribution in [-0.4, -0.2) is 37.6 Å². The highest BCUT2D eigenvalue weighted by molar-refractivity contribution is 5.93. The van der Waals surface area contributed by atoms with Crippen molar-refractivity contribution in [3.63, 3.8) is 0 Å². The average molecular weight is 357 g/mol. The Bertz CT molecular complexity index is 768. The van der Waals surface area contributed by atoms with E-state index < -0.39 is 0 Å². The maximum atomic E-state index is 12.2. The third-order valence-corrected chi connectivity index (χ3v) is 4.43. The van der Waals surface area contributed by atoms with Crippen molar-refractivity contribution in [3.05, 3.63) is 36.0 Å². The van der Waals surface area contributed by atoms with Gasteiger partial charge in [-0.2, -0.15) is 5.10 Å². The minimum atomic E-state index is -0.299. The third-order valence-electron chi connectivity index (χ3n) is 4.43. The van der Waals surface area contributed by atoms with Gasteiger partial charge in [0.25, 0.3) is 5.91 Å². The molecule has 0 aliphatic heterocycles. The minimum absolute atomic E-state index is 0.0823. The molecule has 2 heterocycles. The zero-order valence-corrected chi connectivity index (χ0v) is 14.5. The summed E-state index contributed by atoms with van der Waals surface area (Å²) in [5, 5.41) is 9.85. The second-order valence-corrected chi connectivity index (χ2v) is 6.44. The number of carbonyl (C=O) groups is 2. The summed E-state index contributed by atoms with van der Waals surface area (Å²) in [7, 11) is 0. The van der Waals surface area contributed by atoms with Crippen LogP contribution in [0.25, 0.3) is 0 Å². The minimum Gasteiger partial charge on any atom is -0.383 e. The molecule has 1 fully saturated rings. The first-order chi connectivity index (χ1) is 12.6. The average Bonchev–Trinajstić information content (AvgIpc) is 3.10. The quantitative estimate of drug-likeness (QED) is 0.696. The molecule has 1 aliphatic rings. The molecule has 4 N–H and O–H groups in total. The molecule has 2 aromatic heterocycles. The number of nitrogen functional groups attached to an aromatic ring is 1. The van der Waals surface area contributed by atoms with Crippen LogP contribution in [-0.2, 0) is 17.9 Å². The van der Waals surface area contributed by atoms with Gasteiger partial charge >= 0.3 is 0 Å². The lowest BCUT2D eigenvalue weighted by atomic mass is 9.95. The normalized spacial score (nSPS) is 14.8.